The Morgan fingerprint density at radius 3 is 2.83 bits per heavy atom. The first-order valence-electron chi connectivity index (χ1n) is 5.11. The van der Waals surface area contributed by atoms with Crippen LogP contribution in [0, 0.1) is 10.1 Å². The Bertz CT molecular complexity index is 596. The number of nitro benzene ring substituents is 1. The molecule has 0 fully saturated rings. The Kier molecular flexibility index (Phi) is 3.39. The average molecular weight is 312 g/mol. The minimum atomic E-state index is -0.461. The minimum absolute atomic E-state index is 0.0228. The van der Waals surface area contributed by atoms with Crippen molar-refractivity contribution in [2.75, 3.05) is 0 Å². The van der Waals surface area contributed by atoms with Crippen molar-refractivity contribution in [3.05, 3.63) is 44.7 Å². The molecule has 0 saturated heterocycles. The van der Waals surface area contributed by atoms with Crippen molar-refractivity contribution in [3.63, 3.8) is 0 Å². The van der Waals surface area contributed by atoms with Crippen LogP contribution in [-0.4, -0.2) is 19.9 Å². The summed E-state index contributed by atoms with van der Waals surface area (Å²) in [4.78, 5) is 10.4. The van der Waals surface area contributed by atoms with E-state index in [1.54, 1.807) is 25.3 Å². The van der Waals surface area contributed by atoms with E-state index in [1.165, 1.54) is 10.7 Å². The molecule has 7 nitrogen and oxygen atoms in total. The first-order chi connectivity index (χ1) is 8.49. The van der Waals surface area contributed by atoms with Gasteiger partial charge in [-0.25, -0.2) is 4.68 Å². The topological polar surface area (TPSA) is 99.9 Å². The maximum absolute atomic E-state index is 10.8. The number of aromatic nitrogens is 3. The summed E-state index contributed by atoms with van der Waals surface area (Å²) in [6.07, 6.45) is 1.65. The van der Waals surface area contributed by atoms with Crippen LogP contribution in [0.2, 0.25) is 0 Å². The molecule has 0 bridgehead atoms. The maximum Gasteiger partial charge on any atom is 0.285 e. The lowest BCUT2D eigenvalue weighted by atomic mass is 10.2. The molecule has 1 aromatic heterocycles. The van der Waals surface area contributed by atoms with Gasteiger partial charge in [0.25, 0.3) is 5.69 Å². The van der Waals surface area contributed by atoms with Crippen LogP contribution in [0.4, 0.5) is 5.69 Å². The monoisotopic (exact) mass is 311 g/mol. The predicted octanol–water partition coefficient (Wildman–Crippen LogP) is 1.96. The van der Waals surface area contributed by atoms with Gasteiger partial charge >= 0.3 is 0 Å². The van der Waals surface area contributed by atoms with Gasteiger partial charge in [0.2, 0.25) is 0 Å². The van der Waals surface area contributed by atoms with Gasteiger partial charge in [0.1, 0.15) is 0 Å². The maximum atomic E-state index is 10.8. The fraction of sp³-hybridized carbons (Fsp3) is 0.200. The van der Waals surface area contributed by atoms with E-state index in [2.05, 4.69) is 26.2 Å². The Morgan fingerprint density at radius 1 is 1.56 bits per heavy atom. The number of nitro groups is 1. The van der Waals surface area contributed by atoms with E-state index in [0.717, 1.165) is 0 Å². The molecule has 1 unspecified atom stereocenters. The number of hydrogen-bond donors (Lipinski definition) is 1. The molecule has 0 aliphatic rings. The quantitative estimate of drug-likeness (QED) is 0.690. The van der Waals surface area contributed by atoms with Crippen LogP contribution in [-0.2, 0) is 0 Å². The molecule has 1 aromatic carbocycles. The molecule has 94 valence electrons. The van der Waals surface area contributed by atoms with Crippen LogP contribution in [0.5, 0.6) is 0 Å². The SMILES string of the molecule is CC(N)c1cn(-c2ccc(Br)c([N+](=O)[O-])c2)nn1. The van der Waals surface area contributed by atoms with E-state index >= 15 is 0 Å². The lowest BCUT2D eigenvalue weighted by Crippen LogP contribution is -2.04. The smallest absolute Gasteiger partial charge is 0.285 e. The number of rotatable bonds is 3. The zero-order chi connectivity index (χ0) is 13.3. The second-order valence-electron chi connectivity index (χ2n) is 3.77. The van der Waals surface area contributed by atoms with E-state index in [-0.39, 0.29) is 11.7 Å². The zero-order valence-corrected chi connectivity index (χ0v) is 11.0. The molecule has 2 rings (SSSR count). The van der Waals surface area contributed by atoms with Gasteiger partial charge in [0.15, 0.2) is 0 Å². The van der Waals surface area contributed by atoms with Crippen LogP contribution in [0.3, 0.4) is 0 Å². The van der Waals surface area contributed by atoms with E-state index < -0.39 is 4.92 Å². The third kappa shape index (κ3) is 2.39. The molecule has 0 aliphatic carbocycles. The van der Waals surface area contributed by atoms with Gasteiger partial charge in [0.05, 0.1) is 27.0 Å². The molecule has 2 N–H and O–H groups in total. The van der Waals surface area contributed by atoms with Crippen LogP contribution >= 0.6 is 15.9 Å². The zero-order valence-electron chi connectivity index (χ0n) is 9.45. The Labute approximate surface area is 111 Å². The highest BCUT2D eigenvalue weighted by Gasteiger charge is 2.14. The minimum Gasteiger partial charge on any atom is -0.323 e. The Morgan fingerprint density at radius 2 is 2.28 bits per heavy atom. The van der Waals surface area contributed by atoms with Crippen molar-refractivity contribution in [1.29, 1.82) is 0 Å². The van der Waals surface area contributed by atoms with Gasteiger partial charge in [-0.15, -0.1) is 5.10 Å². The number of halogens is 1. The molecule has 0 radical (unpaired) electrons. The highest BCUT2D eigenvalue weighted by Crippen LogP contribution is 2.27. The van der Waals surface area contributed by atoms with Crippen LogP contribution in [0.25, 0.3) is 5.69 Å². The normalized spacial score (nSPS) is 12.4. The fourth-order valence-electron chi connectivity index (χ4n) is 1.40. The largest absolute Gasteiger partial charge is 0.323 e. The van der Waals surface area contributed by atoms with Crippen LogP contribution in [0.1, 0.15) is 18.7 Å². The lowest BCUT2D eigenvalue weighted by molar-refractivity contribution is -0.385. The first kappa shape index (κ1) is 12.7. The summed E-state index contributed by atoms with van der Waals surface area (Å²) in [5.41, 5.74) is 6.84. The summed E-state index contributed by atoms with van der Waals surface area (Å²) in [6, 6.07) is 4.49. The van der Waals surface area contributed by atoms with E-state index in [4.69, 9.17) is 5.73 Å². The standard InChI is InChI=1S/C10H10BrN5O2/c1-6(12)9-5-15(14-13-9)7-2-3-8(11)10(4-7)16(17)18/h2-6H,12H2,1H3. The first-order valence-corrected chi connectivity index (χ1v) is 5.90. The van der Waals surface area contributed by atoms with Crippen LogP contribution in [0.15, 0.2) is 28.9 Å². The molecular formula is C10H10BrN5O2. The number of hydrogen-bond acceptors (Lipinski definition) is 5. The molecule has 18 heavy (non-hydrogen) atoms. The van der Waals surface area contributed by atoms with E-state index in [1.807, 2.05) is 0 Å². The van der Waals surface area contributed by atoms with Gasteiger partial charge in [-0.3, -0.25) is 10.1 Å². The van der Waals surface area contributed by atoms with Crippen molar-refractivity contribution in [3.8, 4) is 5.69 Å². The van der Waals surface area contributed by atoms with Crippen molar-refractivity contribution in [1.82, 2.24) is 15.0 Å². The van der Waals surface area contributed by atoms with Crippen molar-refractivity contribution >= 4 is 21.6 Å². The summed E-state index contributed by atoms with van der Waals surface area (Å²) < 4.78 is 1.88. The third-order valence-corrected chi connectivity index (χ3v) is 3.04. The number of nitrogens with zero attached hydrogens (tertiary/aromatic N) is 4. The highest BCUT2D eigenvalue weighted by molar-refractivity contribution is 9.10. The Balaban J connectivity index is 2.44. The highest BCUT2D eigenvalue weighted by atomic mass is 79.9. The van der Waals surface area contributed by atoms with Crippen molar-refractivity contribution in [2.24, 2.45) is 5.73 Å². The molecule has 0 aliphatic heterocycles. The third-order valence-electron chi connectivity index (χ3n) is 2.37. The van der Waals surface area contributed by atoms with E-state index in [0.29, 0.717) is 15.9 Å². The summed E-state index contributed by atoms with van der Waals surface area (Å²) in [5.74, 6) is 0. The van der Waals surface area contributed by atoms with Gasteiger partial charge in [-0.2, -0.15) is 0 Å². The lowest BCUT2D eigenvalue weighted by Gasteiger charge is -2.01. The number of benzene rings is 1. The average Bonchev–Trinajstić information content (AvgIpc) is 2.78. The number of nitrogens with two attached hydrogens (primary N) is 1. The molecular weight excluding hydrogens is 302 g/mol. The second-order valence-corrected chi connectivity index (χ2v) is 4.62. The van der Waals surface area contributed by atoms with Gasteiger partial charge in [-0.1, -0.05) is 5.21 Å². The Hall–Kier alpha value is -1.80. The van der Waals surface area contributed by atoms with Crippen LogP contribution < -0.4 is 5.73 Å². The van der Waals surface area contributed by atoms with E-state index in [9.17, 15) is 10.1 Å². The molecule has 8 heteroatoms. The predicted molar refractivity (Wildman–Crippen MR) is 68.3 cm³/mol. The molecule has 1 atom stereocenters. The molecule has 0 saturated carbocycles. The summed E-state index contributed by atoms with van der Waals surface area (Å²) >= 11 is 3.13. The summed E-state index contributed by atoms with van der Waals surface area (Å²) in [6.45, 7) is 1.79. The van der Waals surface area contributed by atoms with Gasteiger partial charge in [0, 0.05) is 12.1 Å². The second kappa shape index (κ2) is 4.83. The van der Waals surface area contributed by atoms with Gasteiger partial charge < -0.3 is 5.73 Å². The van der Waals surface area contributed by atoms with Gasteiger partial charge in [-0.05, 0) is 35.0 Å². The van der Waals surface area contributed by atoms with Crippen molar-refractivity contribution in [2.45, 2.75) is 13.0 Å². The molecule has 0 amide bonds. The molecule has 0 spiro atoms. The molecule has 1 heterocycles. The summed E-state index contributed by atoms with van der Waals surface area (Å²) in [5, 5.41) is 18.6. The summed E-state index contributed by atoms with van der Waals surface area (Å²) in [7, 11) is 0. The molecule has 2 aromatic rings. The van der Waals surface area contributed by atoms with Crippen molar-refractivity contribution < 1.29 is 4.92 Å². The fourth-order valence-corrected chi connectivity index (χ4v) is 1.79.